The minimum Gasteiger partial charge on any atom is -0.317 e. The first kappa shape index (κ1) is 17.0. The highest BCUT2D eigenvalue weighted by Gasteiger charge is 2.40. The van der Waals surface area contributed by atoms with Crippen LogP contribution in [0.1, 0.15) is 24.8 Å². The lowest BCUT2D eigenvalue weighted by Crippen LogP contribution is -2.36. The maximum Gasteiger partial charge on any atom is 0.149 e. The summed E-state index contributed by atoms with van der Waals surface area (Å²) >= 11 is 5.99. The molecule has 5 heteroatoms. The van der Waals surface area contributed by atoms with Crippen LogP contribution in [0.3, 0.4) is 0 Å². The van der Waals surface area contributed by atoms with Gasteiger partial charge in [0.2, 0.25) is 0 Å². The number of halogens is 3. The monoisotopic (exact) mass is 332 g/mol. The van der Waals surface area contributed by atoms with Crippen LogP contribution in [-0.2, 0) is 5.67 Å². The SMILES string of the molecule is Cl.FC1(c2cccc(Cl)c2)CCN(CC2CCNCC2)C1. The fourth-order valence-electron chi connectivity index (χ4n) is 3.44. The van der Waals surface area contributed by atoms with E-state index in [1.54, 1.807) is 12.1 Å². The van der Waals surface area contributed by atoms with Crippen LogP contribution in [-0.4, -0.2) is 37.6 Å². The van der Waals surface area contributed by atoms with E-state index in [2.05, 4.69) is 10.2 Å². The van der Waals surface area contributed by atoms with Crippen molar-refractivity contribution in [2.45, 2.75) is 24.9 Å². The summed E-state index contributed by atoms with van der Waals surface area (Å²) in [6.45, 7) is 4.61. The number of alkyl halides is 1. The molecule has 0 bridgehead atoms. The summed E-state index contributed by atoms with van der Waals surface area (Å²) in [6.07, 6.45) is 3.01. The molecule has 0 spiro atoms. The molecule has 2 heterocycles. The van der Waals surface area contributed by atoms with E-state index in [1.807, 2.05) is 12.1 Å². The minimum atomic E-state index is -1.22. The van der Waals surface area contributed by atoms with E-state index >= 15 is 4.39 Å². The van der Waals surface area contributed by atoms with Crippen LogP contribution >= 0.6 is 24.0 Å². The Morgan fingerprint density at radius 3 is 2.81 bits per heavy atom. The second-order valence-electron chi connectivity index (χ2n) is 6.15. The Bertz CT molecular complexity index is 465. The molecule has 118 valence electrons. The van der Waals surface area contributed by atoms with Crippen LogP contribution in [0.15, 0.2) is 24.3 Å². The first-order valence-electron chi connectivity index (χ1n) is 7.54. The summed E-state index contributed by atoms with van der Waals surface area (Å²) in [5, 5.41) is 4.00. The largest absolute Gasteiger partial charge is 0.317 e. The number of likely N-dealkylation sites (tertiary alicyclic amines) is 1. The van der Waals surface area contributed by atoms with Crippen molar-refractivity contribution < 1.29 is 4.39 Å². The summed E-state index contributed by atoms with van der Waals surface area (Å²) in [6, 6.07) is 7.28. The highest BCUT2D eigenvalue weighted by Crippen LogP contribution is 2.37. The van der Waals surface area contributed by atoms with Crippen LogP contribution in [0.25, 0.3) is 0 Å². The molecule has 2 fully saturated rings. The van der Waals surface area contributed by atoms with E-state index < -0.39 is 5.67 Å². The fourth-order valence-corrected chi connectivity index (χ4v) is 3.63. The molecule has 0 aromatic heterocycles. The molecule has 1 aromatic rings. The lowest BCUT2D eigenvalue weighted by atomic mass is 9.95. The van der Waals surface area contributed by atoms with Crippen molar-refractivity contribution in [3.63, 3.8) is 0 Å². The Balaban J connectivity index is 0.00000161. The smallest absolute Gasteiger partial charge is 0.149 e. The molecule has 1 unspecified atom stereocenters. The van der Waals surface area contributed by atoms with Crippen molar-refractivity contribution >= 4 is 24.0 Å². The van der Waals surface area contributed by atoms with Gasteiger partial charge in [0.05, 0.1) is 0 Å². The molecule has 1 atom stereocenters. The number of hydrogen-bond donors (Lipinski definition) is 1. The topological polar surface area (TPSA) is 15.3 Å². The van der Waals surface area contributed by atoms with Crippen molar-refractivity contribution in [3.8, 4) is 0 Å². The molecule has 21 heavy (non-hydrogen) atoms. The third kappa shape index (κ3) is 4.10. The molecule has 1 aromatic carbocycles. The van der Waals surface area contributed by atoms with E-state index in [0.717, 1.165) is 37.7 Å². The molecule has 2 nitrogen and oxygen atoms in total. The van der Waals surface area contributed by atoms with Crippen LogP contribution in [0.5, 0.6) is 0 Å². The third-order valence-electron chi connectivity index (χ3n) is 4.62. The van der Waals surface area contributed by atoms with Crippen molar-refractivity contribution in [1.29, 1.82) is 0 Å². The average molecular weight is 333 g/mol. The molecule has 0 aliphatic carbocycles. The zero-order valence-electron chi connectivity index (χ0n) is 12.2. The van der Waals surface area contributed by atoms with Crippen molar-refractivity contribution in [2.24, 2.45) is 5.92 Å². The van der Waals surface area contributed by atoms with E-state index in [0.29, 0.717) is 18.0 Å². The standard InChI is InChI=1S/C16H22ClFN2.ClH/c17-15-3-1-2-14(10-15)16(18)6-9-20(12-16)11-13-4-7-19-8-5-13;/h1-3,10,13,19H,4-9,11-12H2;1H. The molecular weight excluding hydrogens is 310 g/mol. The number of rotatable bonds is 3. The third-order valence-corrected chi connectivity index (χ3v) is 4.85. The van der Waals surface area contributed by atoms with Gasteiger partial charge in [0.1, 0.15) is 5.67 Å². The second kappa shape index (κ2) is 7.28. The van der Waals surface area contributed by atoms with Gasteiger partial charge in [0.25, 0.3) is 0 Å². The van der Waals surface area contributed by atoms with Gasteiger partial charge in [0, 0.05) is 24.7 Å². The van der Waals surface area contributed by atoms with Gasteiger partial charge in [-0.25, -0.2) is 4.39 Å². The van der Waals surface area contributed by atoms with Crippen LogP contribution in [0, 0.1) is 5.92 Å². The van der Waals surface area contributed by atoms with E-state index in [9.17, 15) is 0 Å². The Morgan fingerprint density at radius 1 is 1.33 bits per heavy atom. The zero-order chi connectivity index (χ0) is 14.0. The van der Waals surface area contributed by atoms with Gasteiger partial charge in [-0.1, -0.05) is 23.7 Å². The Morgan fingerprint density at radius 2 is 2.10 bits per heavy atom. The number of nitrogens with zero attached hydrogens (tertiary/aromatic N) is 1. The predicted molar refractivity (Wildman–Crippen MR) is 88.1 cm³/mol. The molecule has 2 aliphatic rings. The zero-order valence-corrected chi connectivity index (χ0v) is 13.7. The molecule has 3 rings (SSSR count). The number of benzene rings is 1. The summed E-state index contributed by atoms with van der Waals surface area (Å²) in [5.41, 5.74) is -0.490. The lowest BCUT2D eigenvalue weighted by molar-refractivity contribution is 0.154. The number of hydrogen-bond acceptors (Lipinski definition) is 2. The highest BCUT2D eigenvalue weighted by atomic mass is 35.5. The Labute approximate surface area is 137 Å². The van der Waals surface area contributed by atoms with E-state index in [1.165, 1.54) is 12.8 Å². The molecule has 0 saturated carbocycles. The average Bonchev–Trinajstić information content (AvgIpc) is 2.83. The molecular formula is C16H23Cl2FN2. The maximum absolute atomic E-state index is 15.1. The summed E-state index contributed by atoms with van der Waals surface area (Å²) in [7, 11) is 0. The van der Waals surface area contributed by atoms with E-state index in [-0.39, 0.29) is 12.4 Å². The molecule has 0 amide bonds. The first-order chi connectivity index (χ1) is 9.66. The van der Waals surface area contributed by atoms with Crippen LogP contribution < -0.4 is 5.32 Å². The summed E-state index contributed by atoms with van der Waals surface area (Å²) in [4.78, 5) is 2.29. The quantitative estimate of drug-likeness (QED) is 0.909. The van der Waals surface area contributed by atoms with Gasteiger partial charge in [-0.2, -0.15) is 0 Å². The van der Waals surface area contributed by atoms with E-state index in [4.69, 9.17) is 11.6 Å². The second-order valence-corrected chi connectivity index (χ2v) is 6.59. The van der Waals surface area contributed by atoms with Crippen molar-refractivity contribution in [2.75, 3.05) is 32.7 Å². The van der Waals surface area contributed by atoms with Gasteiger partial charge < -0.3 is 5.32 Å². The Kier molecular flexibility index (Phi) is 5.89. The van der Waals surface area contributed by atoms with Gasteiger partial charge in [-0.05, 0) is 56.0 Å². The lowest BCUT2D eigenvalue weighted by Gasteiger charge is -2.28. The van der Waals surface area contributed by atoms with Crippen molar-refractivity contribution in [3.05, 3.63) is 34.9 Å². The number of piperidine rings is 1. The van der Waals surface area contributed by atoms with Gasteiger partial charge in [0.15, 0.2) is 0 Å². The molecule has 1 N–H and O–H groups in total. The van der Waals surface area contributed by atoms with Crippen LogP contribution in [0.4, 0.5) is 4.39 Å². The Hall–Kier alpha value is -0.350. The molecule has 2 aliphatic heterocycles. The van der Waals surface area contributed by atoms with Gasteiger partial charge in [-0.3, -0.25) is 4.90 Å². The van der Waals surface area contributed by atoms with Crippen LogP contribution in [0.2, 0.25) is 5.02 Å². The van der Waals surface area contributed by atoms with Gasteiger partial charge in [-0.15, -0.1) is 12.4 Å². The number of nitrogens with one attached hydrogen (secondary N) is 1. The fraction of sp³-hybridized carbons (Fsp3) is 0.625. The predicted octanol–water partition coefficient (Wildman–Crippen LogP) is 3.63. The molecule has 2 saturated heterocycles. The summed E-state index contributed by atoms with van der Waals surface area (Å²) < 4.78 is 15.1. The minimum absolute atomic E-state index is 0. The highest BCUT2D eigenvalue weighted by molar-refractivity contribution is 6.30. The maximum atomic E-state index is 15.1. The van der Waals surface area contributed by atoms with Crippen molar-refractivity contribution in [1.82, 2.24) is 10.2 Å². The summed E-state index contributed by atoms with van der Waals surface area (Å²) in [5.74, 6) is 0.720. The molecule has 0 radical (unpaired) electrons. The normalized spacial score (nSPS) is 27.5. The van der Waals surface area contributed by atoms with Gasteiger partial charge >= 0.3 is 0 Å². The first-order valence-corrected chi connectivity index (χ1v) is 7.91.